The smallest absolute Gasteiger partial charge is 0.323 e. The van der Waals surface area contributed by atoms with Gasteiger partial charge >= 0.3 is 5.97 Å². The van der Waals surface area contributed by atoms with E-state index < -0.39 is 12.0 Å². The molecule has 0 radical (unpaired) electrons. The number of aromatic nitrogens is 2. The summed E-state index contributed by atoms with van der Waals surface area (Å²) in [5.74, 6) is 0.00485. The maximum absolute atomic E-state index is 11.2. The molecule has 1 aromatic heterocycles. The lowest BCUT2D eigenvalue weighted by Gasteiger charge is -2.31. The molecule has 3 rings (SSSR count). The van der Waals surface area contributed by atoms with Crippen molar-refractivity contribution in [1.82, 2.24) is 15.0 Å². The molecule has 1 unspecified atom stereocenters. The van der Waals surface area contributed by atoms with Crippen molar-refractivity contribution in [2.75, 3.05) is 19.8 Å². The fourth-order valence-corrected chi connectivity index (χ4v) is 2.25. The molecule has 0 saturated carbocycles. The Morgan fingerprint density at radius 1 is 1.38 bits per heavy atom. The number of rotatable bonds is 4. The van der Waals surface area contributed by atoms with Crippen LogP contribution in [0.15, 0.2) is 34.9 Å². The monoisotopic (exact) mass is 289 g/mol. The van der Waals surface area contributed by atoms with Gasteiger partial charge in [0.1, 0.15) is 6.04 Å². The molecule has 0 bridgehead atoms. The van der Waals surface area contributed by atoms with Gasteiger partial charge < -0.3 is 14.4 Å². The molecule has 110 valence electrons. The van der Waals surface area contributed by atoms with Gasteiger partial charge in [-0.15, -0.1) is 0 Å². The van der Waals surface area contributed by atoms with Crippen molar-refractivity contribution in [3.63, 3.8) is 0 Å². The minimum Gasteiger partial charge on any atom is -0.480 e. The zero-order chi connectivity index (χ0) is 14.7. The van der Waals surface area contributed by atoms with Gasteiger partial charge in [0.2, 0.25) is 11.7 Å². The summed E-state index contributed by atoms with van der Waals surface area (Å²) in [7, 11) is 0. The third kappa shape index (κ3) is 3.09. The van der Waals surface area contributed by atoms with Crippen LogP contribution in [0.4, 0.5) is 0 Å². The first-order chi connectivity index (χ1) is 10.2. The number of hydrogen-bond donors (Lipinski definition) is 1. The van der Waals surface area contributed by atoms with Gasteiger partial charge in [0.15, 0.2) is 0 Å². The molecule has 1 fully saturated rings. The fraction of sp³-hybridized carbons (Fsp3) is 0.357. The van der Waals surface area contributed by atoms with Crippen LogP contribution in [0.3, 0.4) is 0 Å². The number of aliphatic carboxylic acids is 1. The minimum atomic E-state index is -0.905. The number of carbonyl (C=O) groups is 1. The first kappa shape index (κ1) is 13.7. The Bertz CT molecular complexity index is 614. The average molecular weight is 289 g/mol. The van der Waals surface area contributed by atoms with Crippen molar-refractivity contribution >= 4 is 5.97 Å². The van der Waals surface area contributed by atoms with E-state index >= 15 is 0 Å². The van der Waals surface area contributed by atoms with Gasteiger partial charge in [0.25, 0.3) is 0 Å². The summed E-state index contributed by atoms with van der Waals surface area (Å²) in [5.41, 5.74) is 0.865. The van der Waals surface area contributed by atoms with Crippen LogP contribution in [0.5, 0.6) is 0 Å². The number of ether oxygens (including phenoxy) is 1. The SMILES string of the molecule is O=C(O)C1COCCN1Cc1nc(-c2ccccc2)no1. The van der Waals surface area contributed by atoms with Crippen LogP contribution in [0.2, 0.25) is 0 Å². The molecule has 1 aliphatic heterocycles. The molecule has 1 N–H and O–H groups in total. The van der Waals surface area contributed by atoms with E-state index in [4.69, 9.17) is 9.26 Å². The zero-order valence-electron chi connectivity index (χ0n) is 11.3. The molecule has 0 spiro atoms. The Kier molecular flexibility index (Phi) is 3.94. The molecule has 2 aromatic rings. The van der Waals surface area contributed by atoms with E-state index in [1.807, 2.05) is 30.3 Å². The summed E-state index contributed by atoms with van der Waals surface area (Å²) in [5, 5.41) is 13.1. The molecular weight excluding hydrogens is 274 g/mol. The van der Waals surface area contributed by atoms with E-state index in [9.17, 15) is 9.90 Å². The second-order valence-electron chi connectivity index (χ2n) is 4.78. The quantitative estimate of drug-likeness (QED) is 0.898. The van der Waals surface area contributed by atoms with Gasteiger partial charge in [-0.05, 0) is 0 Å². The summed E-state index contributed by atoms with van der Waals surface area (Å²) in [6.45, 7) is 1.51. The maximum Gasteiger partial charge on any atom is 0.323 e. The molecule has 1 saturated heterocycles. The molecule has 1 aliphatic rings. The summed E-state index contributed by atoms with van der Waals surface area (Å²) in [4.78, 5) is 17.3. The van der Waals surface area contributed by atoms with Crippen molar-refractivity contribution in [3.8, 4) is 11.4 Å². The highest BCUT2D eigenvalue weighted by molar-refractivity contribution is 5.73. The van der Waals surface area contributed by atoms with Crippen molar-refractivity contribution in [3.05, 3.63) is 36.2 Å². The highest BCUT2D eigenvalue weighted by Gasteiger charge is 2.30. The maximum atomic E-state index is 11.2. The van der Waals surface area contributed by atoms with Gasteiger partial charge in [0, 0.05) is 12.1 Å². The van der Waals surface area contributed by atoms with Crippen molar-refractivity contribution in [1.29, 1.82) is 0 Å². The highest BCUT2D eigenvalue weighted by Crippen LogP contribution is 2.17. The third-order valence-electron chi connectivity index (χ3n) is 3.36. The molecule has 1 atom stereocenters. The summed E-state index contributed by atoms with van der Waals surface area (Å²) >= 11 is 0. The topological polar surface area (TPSA) is 88.7 Å². The van der Waals surface area contributed by atoms with Gasteiger partial charge in [-0.3, -0.25) is 9.69 Å². The lowest BCUT2D eigenvalue weighted by Crippen LogP contribution is -2.49. The molecule has 1 aromatic carbocycles. The number of benzene rings is 1. The molecule has 2 heterocycles. The lowest BCUT2D eigenvalue weighted by molar-refractivity contribution is -0.150. The standard InChI is InChI=1S/C14H15N3O4/c18-14(19)11-9-20-7-6-17(11)8-12-15-13(16-21-12)10-4-2-1-3-5-10/h1-5,11H,6-9H2,(H,18,19). The minimum absolute atomic E-state index is 0.176. The number of carboxylic acids is 1. The van der Waals surface area contributed by atoms with Crippen LogP contribution >= 0.6 is 0 Å². The summed E-state index contributed by atoms with van der Waals surface area (Å²) < 4.78 is 10.4. The van der Waals surface area contributed by atoms with Crippen LogP contribution in [0, 0.1) is 0 Å². The predicted octanol–water partition coefficient (Wildman–Crippen LogP) is 1.02. The molecule has 7 heteroatoms. The van der Waals surface area contributed by atoms with Crippen LogP contribution < -0.4 is 0 Å². The Morgan fingerprint density at radius 2 is 2.19 bits per heavy atom. The van der Waals surface area contributed by atoms with E-state index in [1.165, 1.54) is 0 Å². The second-order valence-corrected chi connectivity index (χ2v) is 4.78. The van der Waals surface area contributed by atoms with Crippen LogP contribution in [0.25, 0.3) is 11.4 Å². The van der Waals surface area contributed by atoms with Crippen molar-refractivity contribution in [2.24, 2.45) is 0 Å². The first-order valence-electron chi connectivity index (χ1n) is 6.66. The van der Waals surface area contributed by atoms with Crippen LogP contribution in [-0.4, -0.2) is 51.9 Å². The Morgan fingerprint density at radius 3 is 2.95 bits per heavy atom. The molecule has 0 aliphatic carbocycles. The molecule has 7 nitrogen and oxygen atoms in total. The van der Waals surface area contributed by atoms with E-state index in [-0.39, 0.29) is 6.61 Å². The van der Waals surface area contributed by atoms with E-state index in [0.29, 0.717) is 31.4 Å². The van der Waals surface area contributed by atoms with Crippen molar-refractivity contribution in [2.45, 2.75) is 12.6 Å². The van der Waals surface area contributed by atoms with Gasteiger partial charge in [0.05, 0.1) is 19.8 Å². The summed E-state index contributed by atoms with van der Waals surface area (Å²) in [6, 6.07) is 8.82. The Labute approximate surface area is 121 Å². The number of hydrogen-bond acceptors (Lipinski definition) is 6. The second kappa shape index (κ2) is 6.02. The first-order valence-corrected chi connectivity index (χ1v) is 6.66. The molecule has 21 heavy (non-hydrogen) atoms. The number of nitrogens with zero attached hydrogens (tertiary/aromatic N) is 3. The van der Waals surface area contributed by atoms with Crippen LogP contribution in [0.1, 0.15) is 5.89 Å². The molecular formula is C14H15N3O4. The van der Waals surface area contributed by atoms with E-state index in [1.54, 1.807) is 4.90 Å². The van der Waals surface area contributed by atoms with Crippen molar-refractivity contribution < 1.29 is 19.2 Å². The average Bonchev–Trinajstić information content (AvgIpc) is 2.97. The fourth-order valence-electron chi connectivity index (χ4n) is 2.25. The van der Waals surface area contributed by atoms with Gasteiger partial charge in [-0.2, -0.15) is 4.98 Å². The van der Waals surface area contributed by atoms with E-state index in [2.05, 4.69) is 10.1 Å². The Balaban J connectivity index is 1.73. The largest absolute Gasteiger partial charge is 0.480 e. The Hall–Kier alpha value is -2.25. The normalized spacial score (nSPS) is 19.5. The van der Waals surface area contributed by atoms with E-state index in [0.717, 1.165) is 5.56 Å². The highest BCUT2D eigenvalue weighted by atomic mass is 16.5. The number of carboxylic acid groups (broad SMARTS) is 1. The third-order valence-corrected chi connectivity index (χ3v) is 3.36. The van der Waals surface area contributed by atoms with Gasteiger partial charge in [-0.25, -0.2) is 0 Å². The predicted molar refractivity (Wildman–Crippen MR) is 72.4 cm³/mol. The number of morpholine rings is 1. The zero-order valence-corrected chi connectivity index (χ0v) is 11.3. The lowest BCUT2D eigenvalue weighted by atomic mass is 10.2. The summed E-state index contributed by atoms with van der Waals surface area (Å²) in [6.07, 6.45) is 0. The van der Waals surface area contributed by atoms with Gasteiger partial charge in [-0.1, -0.05) is 35.5 Å². The van der Waals surface area contributed by atoms with Crippen LogP contribution in [-0.2, 0) is 16.1 Å². The molecule has 0 amide bonds.